The minimum absolute atomic E-state index is 0.313. The van der Waals surface area contributed by atoms with Gasteiger partial charge in [-0.05, 0) is 56.4 Å². The Morgan fingerprint density at radius 1 is 1.29 bits per heavy atom. The van der Waals surface area contributed by atoms with Gasteiger partial charge in [-0.1, -0.05) is 12.1 Å². The summed E-state index contributed by atoms with van der Waals surface area (Å²) in [4.78, 5) is 11.2. The van der Waals surface area contributed by atoms with Gasteiger partial charge in [-0.2, -0.15) is 0 Å². The Morgan fingerprint density at radius 2 is 1.94 bits per heavy atom. The van der Waals surface area contributed by atoms with E-state index in [1.165, 1.54) is 29.2 Å². The molecule has 0 saturated carbocycles. The molecule has 0 radical (unpaired) electrons. The van der Waals surface area contributed by atoms with Gasteiger partial charge >= 0.3 is 0 Å². The van der Waals surface area contributed by atoms with Gasteiger partial charge in [0.2, 0.25) is 5.91 Å². The summed E-state index contributed by atoms with van der Waals surface area (Å²) < 4.78 is 0. The van der Waals surface area contributed by atoms with E-state index in [9.17, 15) is 4.79 Å². The molecule has 1 amide bonds. The van der Waals surface area contributed by atoms with Gasteiger partial charge in [0, 0.05) is 6.54 Å². The zero-order chi connectivity index (χ0) is 13.0. The van der Waals surface area contributed by atoms with Gasteiger partial charge in [0.15, 0.2) is 0 Å². The van der Waals surface area contributed by atoms with E-state index in [1.54, 1.807) is 0 Å². The molecule has 1 rings (SSSR count). The predicted molar refractivity (Wildman–Crippen MR) is 69.0 cm³/mol. The summed E-state index contributed by atoms with van der Waals surface area (Å²) in [5.74, 6) is -0.313. The second-order valence-electron chi connectivity index (χ2n) is 4.51. The summed E-state index contributed by atoms with van der Waals surface area (Å²) in [6.07, 6.45) is -0.137. The van der Waals surface area contributed by atoms with Gasteiger partial charge in [-0.15, -0.1) is 0 Å². The lowest BCUT2D eigenvalue weighted by Crippen LogP contribution is -2.33. The number of nitrogens with one attached hydrogen (secondary N) is 1. The van der Waals surface area contributed by atoms with Crippen LogP contribution in [0.15, 0.2) is 12.1 Å². The number of aryl methyl sites for hydroxylation is 1. The molecule has 3 nitrogen and oxygen atoms in total. The van der Waals surface area contributed by atoms with Crippen LogP contribution in [0.4, 0.5) is 0 Å². The van der Waals surface area contributed by atoms with E-state index in [0.29, 0.717) is 6.54 Å². The van der Waals surface area contributed by atoms with Crippen molar-refractivity contribution >= 4 is 5.91 Å². The Morgan fingerprint density at radius 3 is 2.53 bits per heavy atom. The highest BCUT2D eigenvalue weighted by molar-refractivity contribution is 5.79. The average molecular weight is 235 g/mol. The molecular formula is C14H21NO2. The fourth-order valence-corrected chi connectivity index (χ4v) is 1.75. The molecule has 0 fully saturated rings. The molecule has 94 valence electrons. The van der Waals surface area contributed by atoms with Crippen LogP contribution in [-0.4, -0.2) is 23.7 Å². The number of aliphatic hydroxyl groups is 1. The number of carbonyl (C=O) groups excluding carboxylic acids is 1. The normalized spacial score (nSPS) is 12.3. The maximum Gasteiger partial charge on any atom is 0.248 e. The number of hydrogen-bond acceptors (Lipinski definition) is 2. The van der Waals surface area contributed by atoms with Crippen LogP contribution in [0.25, 0.3) is 0 Å². The Kier molecular flexibility index (Phi) is 4.70. The molecule has 0 aromatic heterocycles. The molecule has 1 atom stereocenters. The van der Waals surface area contributed by atoms with E-state index in [0.717, 1.165) is 6.42 Å². The molecule has 17 heavy (non-hydrogen) atoms. The maximum atomic E-state index is 11.2. The Balaban J connectivity index is 2.59. The van der Waals surface area contributed by atoms with Gasteiger partial charge in [0.1, 0.15) is 6.10 Å². The van der Waals surface area contributed by atoms with Crippen molar-refractivity contribution in [1.29, 1.82) is 0 Å². The Hall–Kier alpha value is -1.35. The van der Waals surface area contributed by atoms with E-state index in [2.05, 4.69) is 38.2 Å². The fraction of sp³-hybridized carbons (Fsp3) is 0.500. The summed E-state index contributed by atoms with van der Waals surface area (Å²) in [7, 11) is 0. The summed E-state index contributed by atoms with van der Waals surface area (Å²) in [6.45, 7) is 8.35. The van der Waals surface area contributed by atoms with E-state index in [1.807, 2.05) is 0 Å². The van der Waals surface area contributed by atoms with Crippen LogP contribution in [0.3, 0.4) is 0 Å². The second kappa shape index (κ2) is 5.82. The molecular weight excluding hydrogens is 214 g/mol. The minimum Gasteiger partial charge on any atom is -0.384 e. The third kappa shape index (κ3) is 3.56. The van der Waals surface area contributed by atoms with Crippen molar-refractivity contribution in [1.82, 2.24) is 5.32 Å². The number of hydrogen-bond donors (Lipinski definition) is 2. The summed E-state index contributed by atoms with van der Waals surface area (Å²) in [5, 5.41) is 11.7. The van der Waals surface area contributed by atoms with Crippen LogP contribution in [0.1, 0.15) is 29.2 Å². The van der Waals surface area contributed by atoms with Crippen molar-refractivity contribution in [2.75, 3.05) is 6.54 Å². The SMILES string of the molecule is Cc1ccc(CCNC(=O)C(C)O)c(C)c1C. The van der Waals surface area contributed by atoms with Crippen LogP contribution in [0, 0.1) is 20.8 Å². The number of rotatable bonds is 4. The lowest BCUT2D eigenvalue weighted by Gasteiger charge is -2.12. The molecule has 1 aromatic rings. The van der Waals surface area contributed by atoms with Gasteiger partial charge in [0.25, 0.3) is 0 Å². The summed E-state index contributed by atoms with van der Waals surface area (Å²) >= 11 is 0. The quantitative estimate of drug-likeness (QED) is 0.833. The highest BCUT2D eigenvalue weighted by Gasteiger charge is 2.08. The molecule has 2 N–H and O–H groups in total. The maximum absolute atomic E-state index is 11.2. The van der Waals surface area contributed by atoms with Crippen molar-refractivity contribution in [3.8, 4) is 0 Å². The van der Waals surface area contributed by atoms with Crippen molar-refractivity contribution in [2.45, 2.75) is 40.2 Å². The number of benzene rings is 1. The lowest BCUT2D eigenvalue weighted by atomic mass is 9.97. The average Bonchev–Trinajstić information content (AvgIpc) is 2.28. The molecule has 3 heteroatoms. The third-order valence-corrected chi connectivity index (χ3v) is 3.24. The number of aliphatic hydroxyl groups excluding tert-OH is 1. The van der Waals surface area contributed by atoms with Crippen LogP contribution in [0.2, 0.25) is 0 Å². The van der Waals surface area contributed by atoms with Crippen LogP contribution in [0.5, 0.6) is 0 Å². The van der Waals surface area contributed by atoms with Gasteiger partial charge in [-0.25, -0.2) is 0 Å². The molecule has 1 aromatic carbocycles. The smallest absolute Gasteiger partial charge is 0.248 e. The first kappa shape index (κ1) is 13.7. The fourth-order valence-electron chi connectivity index (χ4n) is 1.75. The second-order valence-corrected chi connectivity index (χ2v) is 4.51. The molecule has 0 saturated heterocycles. The Bertz CT molecular complexity index is 411. The first-order valence-corrected chi connectivity index (χ1v) is 5.95. The van der Waals surface area contributed by atoms with E-state index >= 15 is 0 Å². The first-order valence-electron chi connectivity index (χ1n) is 5.95. The minimum atomic E-state index is -0.934. The molecule has 0 bridgehead atoms. The molecule has 0 aliphatic heterocycles. The van der Waals surface area contributed by atoms with Crippen molar-refractivity contribution in [3.05, 3.63) is 34.4 Å². The number of carbonyl (C=O) groups is 1. The standard InChI is InChI=1S/C14H21NO2/c1-9-5-6-13(11(3)10(9)2)7-8-15-14(17)12(4)16/h5-6,12,16H,7-8H2,1-4H3,(H,15,17). The van der Waals surface area contributed by atoms with Crippen molar-refractivity contribution < 1.29 is 9.90 Å². The molecule has 0 heterocycles. The predicted octanol–water partition coefficient (Wildman–Crippen LogP) is 1.65. The molecule has 0 aliphatic rings. The van der Waals surface area contributed by atoms with Gasteiger partial charge < -0.3 is 10.4 Å². The van der Waals surface area contributed by atoms with Gasteiger partial charge in [0.05, 0.1) is 0 Å². The first-order chi connectivity index (χ1) is 7.93. The summed E-state index contributed by atoms with van der Waals surface area (Å²) in [6, 6.07) is 4.21. The lowest BCUT2D eigenvalue weighted by molar-refractivity contribution is -0.128. The van der Waals surface area contributed by atoms with Crippen LogP contribution in [-0.2, 0) is 11.2 Å². The molecule has 1 unspecified atom stereocenters. The largest absolute Gasteiger partial charge is 0.384 e. The van der Waals surface area contributed by atoms with Crippen LogP contribution < -0.4 is 5.32 Å². The van der Waals surface area contributed by atoms with E-state index in [-0.39, 0.29) is 5.91 Å². The number of amides is 1. The third-order valence-electron chi connectivity index (χ3n) is 3.24. The van der Waals surface area contributed by atoms with Crippen molar-refractivity contribution in [3.63, 3.8) is 0 Å². The van der Waals surface area contributed by atoms with Crippen LogP contribution >= 0.6 is 0 Å². The van der Waals surface area contributed by atoms with E-state index < -0.39 is 6.10 Å². The molecule has 0 spiro atoms. The highest BCUT2D eigenvalue weighted by Crippen LogP contribution is 2.17. The molecule has 0 aliphatic carbocycles. The zero-order valence-electron chi connectivity index (χ0n) is 11.0. The topological polar surface area (TPSA) is 49.3 Å². The van der Waals surface area contributed by atoms with Gasteiger partial charge in [-0.3, -0.25) is 4.79 Å². The van der Waals surface area contributed by atoms with E-state index in [4.69, 9.17) is 5.11 Å². The zero-order valence-corrected chi connectivity index (χ0v) is 11.0. The van der Waals surface area contributed by atoms with Crippen molar-refractivity contribution in [2.24, 2.45) is 0 Å². The monoisotopic (exact) mass is 235 g/mol. The highest BCUT2D eigenvalue weighted by atomic mass is 16.3. The Labute approximate surface area is 103 Å². The summed E-state index contributed by atoms with van der Waals surface area (Å²) in [5.41, 5.74) is 5.14.